The number of aromatic hydroxyl groups is 3. The Bertz CT molecular complexity index is 538. The Labute approximate surface area is 92.2 Å². The van der Waals surface area contributed by atoms with E-state index in [4.69, 9.17) is 5.73 Å². The smallest absolute Gasteiger partial charge is 0.158 e. The van der Waals surface area contributed by atoms with Crippen molar-refractivity contribution in [3.63, 3.8) is 0 Å². The van der Waals surface area contributed by atoms with E-state index in [2.05, 4.69) is 0 Å². The molecule has 2 aromatic carbocycles. The zero-order chi connectivity index (χ0) is 11.7. The van der Waals surface area contributed by atoms with E-state index >= 15 is 0 Å². The number of phenolic OH excluding ortho intramolecular Hbond substituents is 3. The van der Waals surface area contributed by atoms with Crippen molar-refractivity contribution in [3.8, 4) is 28.4 Å². The van der Waals surface area contributed by atoms with Crippen molar-refractivity contribution in [1.82, 2.24) is 0 Å². The number of phenols is 3. The molecule has 82 valence electrons. The van der Waals surface area contributed by atoms with E-state index in [9.17, 15) is 15.3 Å². The quantitative estimate of drug-likeness (QED) is 0.435. The fraction of sp³-hybridized carbons (Fsp3) is 0. The first-order chi connectivity index (χ1) is 7.58. The molecular formula is C12H11NO3. The van der Waals surface area contributed by atoms with Crippen molar-refractivity contribution in [3.05, 3.63) is 36.4 Å². The molecule has 0 aliphatic heterocycles. The fourth-order valence-corrected chi connectivity index (χ4v) is 1.48. The average molecular weight is 217 g/mol. The number of hydrogen-bond acceptors (Lipinski definition) is 4. The molecule has 0 atom stereocenters. The fourth-order valence-electron chi connectivity index (χ4n) is 1.48. The summed E-state index contributed by atoms with van der Waals surface area (Å²) in [5, 5.41) is 28.2. The minimum atomic E-state index is -0.228. The first kappa shape index (κ1) is 10.2. The SMILES string of the molecule is Nc1ccc(-c2ccc(O)c(O)c2)c(O)c1. The predicted molar refractivity (Wildman–Crippen MR) is 61.3 cm³/mol. The maximum atomic E-state index is 9.68. The van der Waals surface area contributed by atoms with Crippen LogP contribution in [0.3, 0.4) is 0 Å². The molecule has 2 aromatic rings. The first-order valence-corrected chi connectivity index (χ1v) is 4.69. The molecule has 4 heteroatoms. The summed E-state index contributed by atoms with van der Waals surface area (Å²) >= 11 is 0. The lowest BCUT2D eigenvalue weighted by Gasteiger charge is -2.06. The Morgan fingerprint density at radius 1 is 0.750 bits per heavy atom. The van der Waals surface area contributed by atoms with Gasteiger partial charge in [0.1, 0.15) is 5.75 Å². The molecule has 16 heavy (non-hydrogen) atoms. The van der Waals surface area contributed by atoms with Crippen LogP contribution in [-0.2, 0) is 0 Å². The van der Waals surface area contributed by atoms with Crippen molar-refractivity contribution < 1.29 is 15.3 Å². The molecule has 5 N–H and O–H groups in total. The minimum Gasteiger partial charge on any atom is -0.507 e. The van der Waals surface area contributed by atoms with Gasteiger partial charge in [0.05, 0.1) is 0 Å². The highest BCUT2D eigenvalue weighted by Crippen LogP contribution is 2.35. The zero-order valence-electron chi connectivity index (χ0n) is 8.38. The third-order valence-electron chi connectivity index (χ3n) is 2.31. The van der Waals surface area contributed by atoms with Crippen LogP contribution in [0.15, 0.2) is 36.4 Å². The van der Waals surface area contributed by atoms with Crippen LogP contribution in [0.5, 0.6) is 17.2 Å². The largest absolute Gasteiger partial charge is 0.507 e. The Hall–Kier alpha value is -2.36. The van der Waals surface area contributed by atoms with Gasteiger partial charge in [-0.3, -0.25) is 0 Å². The Kier molecular flexibility index (Phi) is 2.32. The van der Waals surface area contributed by atoms with E-state index in [0.717, 1.165) is 0 Å². The van der Waals surface area contributed by atoms with Crippen LogP contribution < -0.4 is 5.73 Å². The predicted octanol–water partition coefficient (Wildman–Crippen LogP) is 2.05. The number of nitrogen functional groups attached to an aromatic ring is 1. The summed E-state index contributed by atoms with van der Waals surface area (Å²) in [6.45, 7) is 0. The van der Waals surface area contributed by atoms with Gasteiger partial charge in [-0.1, -0.05) is 6.07 Å². The molecule has 0 bridgehead atoms. The van der Waals surface area contributed by atoms with Gasteiger partial charge >= 0.3 is 0 Å². The maximum Gasteiger partial charge on any atom is 0.158 e. The second-order valence-corrected chi connectivity index (χ2v) is 3.48. The van der Waals surface area contributed by atoms with Crippen molar-refractivity contribution in [2.75, 3.05) is 5.73 Å². The molecule has 0 heterocycles. The van der Waals surface area contributed by atoms with Gasteiger partial charge < -0.3 is 21.1 Å². The van der Waals surface area contributed by atoms with E-state index in [-0.39, 0.29) is 17.2 Å². The summed E-state index contributed by atoms with van der Waals surface area (Å²) in [5.41, 5.74) is 7.12. The summed E-state index contributed by atoms with van der Waals surface area (Å²) in [6.07, 6.45) is 0. The summed E-state index contributed by atoms with van der Waals surface area (Å²) in [4.78, 5) is 0. The Morgan fingerprint density at radius 2 is 1.50 bits per heavy atom. The summed E-state index contributed by atoms with van der Waals surface area (Å²) in [7, 11) is 0. The third kappa shape index (κ3) is 1.72. The number of hydrogen-bond donors (Lipinski definition) is 4. The highest BCUT2D eigenvalue weighted by atomic mass is 16.3. The molecule has 2 rings (SSSR count). The van der Waals surface area contributed by atoms with Gasteiger partial charge in [0.2, 0.25) is 0 Å². The highest BCUT2D eigenvalue weighted by Gasteiger charge is 2.07. The Morgan fingerprint density at radius 3 is 2.12 bits per heavy atom. The summed E-state index contributed by atoms with van der Waals surface area (Å²) in [5.74, 6) is -0.391. The van der Waals surface area contributed by atoms with Gasteiger partial charge in [0.15, 0.2) is 11.5 Å². The van der Waals surface area contributed by atoms with Gasteiger partial charge in [-0.05, 0) is 29.8 Å². The zero-order valence-corrected chi connectivity index (χ0v) is 8.38. The lowest BCUT2D eigenvalue weighted by atomic mass is 10.0. The molecule has 4 nitrogen and oxygen atoms in total. The van der Waals surface area contributed by atoms with Crippen LogP contribution in [0.2, 0.25) is 0 Å². The summed E-state index contributed by atoms with van der Waals surface area (Å²) < 4.78 is 0. The van der Waals surface area contributed by atoms with Crippen LogP contribution >= 0.6 is 0 Å². The third-order valence-corrected chi connectivity index (χ3v) is 2.31. The second kappa shape index (κ2) is 3.66. The van der Waals surface area contributed by atoms with E-state index in [0.29, 0.717) is 16.8 Å². The molecule has 0 amide bonds. The van der Waals surface area contributed by atoms with Gasteiger partial charge in [-0.2, -0.15) is 0 Å². The first-order valence-electron chi connectivity index (χ1n) is 4.69. The molecule has 0 aromatic heterocycles. The van der Waals surface area contributed by atoms with Crippen LogP contribution in [-0.4, -0.2) is 15.3 Å². The molecule has 0 aliphatic rings. The van der Waals surface area contributed by atoms with Crippen LogP contribution in [0.4, 0.5) is 5.69 Å². The monoisotopic (exact) mass is 217 g/mol. The minimum absolute atomic E-state index is 0.0325. The molecule has 0 saturated carbocycles. The number of benzene rings is 2. The van der Waals surface area contributed by atoms with Gasteiger partial charge in [-0.25, -0.2) is 0 Å². The maximum absolute atomic E-state index is 9.68. The highest BCUT2D eigenvalue weighted by molar-refractivity contribution is 5.74. The van der Waals surface area contributed by atoms with Crippen LogP contribution in [0, 0.1) is 0 Å². The number of nitrogens with two attached hydrogens (primary N) is 1. The van der Waals surface area contributed by atoms with Crippen molar-refractivity contribution >= 4 is 5.69 Å². The standard InChI is InChI=1S/C12H11NO3/c13-8-2-3-9(11(15)6-8)7-1-4-10(14)12(16)5-7/h1-6,14-16H,13H2. The lowest BCUT2D eigenvalue weighted by molar-refractivity contribution is 0.404. The Balaban J connectivity index is 2.54. The van der Waals surface area contributed by atoms with E-state index in [1.807, 2.05) is 0 Å². The molecule has 0 unspecified atom stereocenters. The molecule has 0 aliphatic carbocycles. The molecule has 0 radical (unpaired) electrons. The number of anilines is 1. The van der Waals surface area contributed by atoms with E-state index in [1.54, 1.807) is 18.2 Å². The number of rotatable bonds is 1. The van der Waals surface area contributed by atoms with Crippen molar-refractivity contribution in [2.24, 2.45) is 0 Å². The topological polar surface area (TPSA) is 86.7 Å². The van der Waals surface area contributed by atoms with Crippen LogP contribution in [0.25, 0.3) is 11.1 Å². The van der Waals surface area contributed by atoms with Crippen LogP contribution in [0.1, 0.15) is 0 Å². The molecule has 0 spiro atoms. The van der Waals surface area contributed by atoms with Crippen molar-refractivity contribution in [2.45, 2.75) is 0 Å². The summed E-state index contributed by atoms with van der Waals surface area (Å²) in [6, 6.07) is 9.07. The normalized spacial score (nSPS) is 10.2. The van der Waals surface area contributed by atoms with E-state index in [1.165, 1.54) is 18.2 Å². The lowest BCUT2D eigenvalue weighted by Crippen LogP contribution is -1.85. The van der Waals surface area contributed by atoms with Crippen molar-refractivity contribution in [1.29, 1.82) is 0 Å². The molecule has 0 fully saturated rings. The van der Waals surface area contributed by atoms with Gasteiger partial charge in [-0.15, -0.1) is 0 Å². The molecular weight excluding hydrogens is 206 g/mol. The second-order valence-electron chi connectivity index (χ2n) is 3.48. The average Bonchev–Trinajstić information content (AvgIpc) is 2.22. The van der Waals surface area contributed by atoms with E-state index < -0.39 is 0 Å². The van der Waals surface area contributed by atoms with Gasteiger partial charge in [0.25, 0.3) is 0 Å². The molecule has 0 saturated heterocycles. The van der Waals surface area contributed by atoms with Gasteiger partial charge in [0, 0.05) is 17.3 Å².